The Morgan fingerprint density at radius 1 is 1.15 bits per heavy atom. The van der Waals surface area contributed by atoms with Gasteiger partial charge in [0.15, 0.2) is 23.2 Å². The summed E-state index contributed by atoms with van der Waals surface area (Å²) in [4.78, 5) is 14.3. The zero-order valence-corrected chi connectivity index (χ0v) is 17.7. The normalized spacial score (nSPS) is 19.0. The highest BCUT2D eigenvalue weighted by Gasteiger charge is 2.47. The number of carbonyl (C=O) groups excluding carboxylic acids is 1. The van der Waals surface area contributed by atoms with Crippen LogP contribution in [0.3, 0.4) is 0 Å². The molecular weight excluding hydrogens is 437 g/mol. The fourth-order valence-corrected chi connectivity index (χ4v) is 4.15. The van der Waals surface area contributed by atoms with E-state index in [4.69, 9.17) is 9.47 Å². The van der Waals surface area contributed by atoms with Gasteiger partial charge in [-0.2, -0.15) is 18.3 Å². The van der Waals surface area contributed by atoms with E-state index in [0.717, 1.165) is 10.2 Å². The van der Waals surface area contributed by atoms with Crippen molar-refractivity contribution >= 4 is 11.7 Å². The summed E-state index contributed by atoms with van der Waals surface area (Å²) in [6.07, 6.45) is -4.81. The Labute approximate surface area is 187 Å². The second-order valence-corrected chi connectivity index (χ2v) is 8.11. The summed E-state index contributed by atoms with van der Waals surface area (Å²) >= 11 is 0. The average Bonchev–Trinajstić information content (AvgIpc) is 3.44. The predicted molar refractivity (Wildman–Crippen MR) is 113 cm³/mol. The molecule has 0 spiro atoms. The highest BCUT2D eigenvalue weighted by molar-refractivity contribution is 5.93. The van der Waals surface area contributed by atoms with E-state index in [9.17, 15) is 18.0 Å². The molecule has 1 N–H and O–H groups in total. The molecule has 2 aromatic carbocycles. The zero-order chi connectivity index (χ0) is 23.2. The number of aromatic nitrogens is 2. The third kappa shape index (κ3) is 4.08. The van der Waals surface area contributed by atoms with Gasteiger partial charge in [-0.15, -0.1) is 0 Å². The number of hydrogen-bond acceptors (Lipinski definition) is 5. The van der Waals surface area contributed by atoms with Gasteiger partial charge in [-0.1, -0.05) is 36.4 Å². The van der Waals surface area contributed by atoms with Crippen LogP contribution in [0.2, 0.25) is 0 Å². The molecule has 5 rings (SSSR count). The number of hydrogen-bond donors (Lipinski definition) is 1. The minimum absolute atomic E-state index is 0.0449. The summed E-state index contributed by atoms with van der Waals surface area (Å²) in [6, 6.07) is 13.3. The van der Waals surface area contributed by atoms with Gasteiger partial charge >= 0.3 is 6.18 Å². The maximum Gasteiger partial charge on any atom is 0.410 e. The van der Waals surface area contributed by atoms with E-state index >= 15 is 0 Å². The fourth-order valence-electron chi connectivity index (χ4n) is 4.15. The van der Waals surface area contributed by atoms with Crippen molar-refractivity contribution < 1.29 is 27.4 Å². The molecule has 7 nitrogen and oxygen atoms in total. The lowest BCUT2D eigenvalue weighted by atomic mass is 9.96. The van der Waals surface area contributed by atoms with Crippen molar-refractivity contribution in [2.75, 3.05) is 19.2 Å². The van der Waals surface area contributed by atoms with E-state index in [1.807, 2.05) is 30.3 Å². The summed E-state index contributed by atoms with van der Waals surface area (Å²) in [5, 5.41) is 7.15. The van der Waals surface area contributed by atoms with Crippen molar-refractivity contribution in [2.45, 2.75) is 31.2 Å². The molecular formula is C23H21F3N4O3. The second kappa shape index (κ2) is 8.02. The van der Waals surface area contributed by atoms with Crippen LogP contribution >= 0.6 is 0 Å². The van der Waals surface area contributed by atoms with Crippen LogP contribution in [-0.4, -0.2) is 40.6 Å². The number of carbonyl (C=O) groups is 1. The topological polar surface area (TPSA) is 68.6 Å². The number of amides is 1. The van der Waals surface area contributed by atoms with Crippen LogP contribution in [0, 0.1) is 0 Å². The molecule has 1 amide bonds. The Morgan fingerprint density at radius 3 is 2.67 bits per heavy atom. The zero-order valence-electron chi connectivity index (χ0n) is 17.7. The maximum atomic E-state index is 14.0. The number of rotatable bonds is 4. The molecule has 0 fully saturated rings. The predicted octanol–water partition coefficient (Wildman–Crippen LogP) is 4.54. The van der Waals surface area contributed by atoms with Gasteiger partial charge in [-0.25, -0.2) is 4.68 Å². The lowest BCUT2D eigenvalue weighted by molar-refractivity contribution is -0.173. The summed E-state index contributed by atoms with van der Waals surface area (Å²) in [7, 11) is 1.59. The third-order valence-electron chi connectivity index (χ3n) is 5.82. The van der Waals surface area contributed by atoms with Crippen LogP contribution in [-0.2, 0) is 6.54 Å². The molecule has 0 saturated heterocycles. The first-order chi connectivity index (χ1) is 15.8. The van der Waals surface area contributed by atoms with Crippen molar-refractivity contribution in [1.29, 1.82) is 0 Å². The molecule has 10 heteroatoms. The number of nitrogens with zero attached hydrogens (tertiary/aromatic N) is 3. The molecule has 33 heavy (non-hydrogen) atoms. The maximum absolute atomic E-state index is 14.0. The van der Waals surface area contributed by atoms with E-state index < -0.39 is 24.2 Å². The van der Waals surface area contributed by atoms with Gasteiger partial charge in [0.25, 0.3) is 5.91 Å². The first-order valence-electron chi connectivity index (χ1n) is 10.4. The van der Waals surface area contributed by atoms with E-state index in [1.54, 1.807) is 25.2 Å². The van der Waals surface area contributed by atoms with Crippen molar-refractivity contribution in [3.8, 4) is 11.5 Å². The van der Waals surface area contributed by atoms with E-state index in [0.29, 0.717) is 23.6 Å². The van der Waals surface area contributed by atoms with Gasteiger partial charge in [0.05, 0.1) is 6.04 Å². The Hall–Kier alpha value is -3.69. The Bertz CT molecular complexity index is 1180. The molecule has 0 saturated carbocycles. The third-order valence-corrected chi connectivity index (χ3v) is 5.82. The van der Waals surface area contributed by atoms with Crippen LogP contribution < -0.4 is 14.8 Å². The van der Waals surface area contributed by atoms with Gasteiger partial charge in [0.1, 0.15) is 5.82 Å². The molecule has 2 aliphatic heterocycles. The van der Waals surface area contributed by atoms with Gasteiger partial charge < -0.3 is 19.7 Å². The Balaban J connectivity index is 1.42. The molecule has 3 heterocycles. The Kier molecular flexibility index (Phi) is 5.15. The Morgan fingerprint density at radius 2 is 1.91 bits per heavy atom. The highest BCUT2D eigenvalue weighted by atomic mass is 19.4. The van der Waals surface area contributed by atoms with Gasteiger partial charge in [0.2, 0.25) is 6.79 Å². The molecule has 0 radical (unpaired) electrons. The van der Waals surface area contributed by atoms with Crippen molar-refractivity contribution in [3.05, 3.63) is 71.4 Å². The summed E-state index contributed by atoms with van der Waals surface area (Å²) in [5.41, 5.74) is 1.50. The number of ether oxygens (including phenoxy) is 2. The number of benzene rings is 2. The first kappa shape index (κ1) is 21.2. The largest absolute Gasteiger partial charge is 0.454 e. The number of halogens is 3. The molecule has 0 aliphatic carbocycles. The quantitative estimate of drug-likeness (QED) is 0.622. The summed E-state index contributed by atoms with van der Waals surface area (Å²) in [6.45, 7) is 0.397. The highest BCUT2D eigenvalue weighted by Crippen LogP contribution is 2.45. The monoisotopic (exact) mass is 458 g/mol. The number of fused-ring (bicyclic) bond motifs is 2. The van der Waals surface area contributed by atoms with Crippen molar-refractivity contribution in [3.63, 3.8) is 0 Å². The van der Waals surface area contributed by atoms with Crippen LogP contribution in [0.25, 0.3) is 0 Å². The SMILES string of the molecule is CN(Cc1ccccc1)C(=O)c1cc2n(n1)[C@@H](C(F)(F)F)C[C@@H](c1ccc3c(c1)OCO3)N2. The standard InChI is InChI=1S/C23H21F3N4O3/c1-29(12-14-5-3-2-4-6-14)22(31)17-11-21-27-16(10-20(23(24,25)26)30(21)28-17)15-7-8-18-19(9-15)33-13-32-18/h2-9,11,16,20,27H,10,12-13H2,1H3/t16-,20+/m0/s1. The van der Waals surface area contributed by atoms with E-state index in [2.05, 4.69) is 10.4 Å². The van der Waals surface area contributed by atoms with Gasteiger partial charge in [-0.3, -0.25) is 4.79 Å². The lowest BCUT2D eigenvalue weighted by Gasteiger charge is -2.33. The van der Waals surface area contributed by atoms with E-state index in [1.165, 1.54) is 11.0 Å². The summed E-state index contributed by atoms with van der Waals surface area (Å²) < 4.78 is 53.4. The molecule has 2 atom stereocenters. The molecule has 3 aromatic rings. The van der Waals surface area contributed by atoms with Crippen LogP contribution in [0.1, 0.15) is 40.1 Å². The van der Waals surface area contributed by atoms with Crippen LogP contribution in [0.5, 0.6) is 11.5 Å². The molecule has 172 valence electrons. The fraction of sp³-hybridized carbons (Fsp3) is 0.304. The minimum Gasteiger partial charge on any atom is -0.454 e. The summed E-state index contributed by atoms with van der Waals surface area (Å²) in [5.74, 6) is 0.738. The van der Waals surface area contributed by atoms with Crippen LogP contribution in [0.15, 0.2) is 54.6 Å². The minimum atomic E-state index is -4.53. The molecule has 0 bridgehead atoms. The number of nitrogens with one attached hydrogen (secondary N) is 1. The van der Waals surface area contributed by atoms with Gasteiger partial charge in [0, 0.05) is 26.1 Å². The average molecular weight is 458 g/mol. The van der Waals surface area contributed by atoms with Gasteiger partial charge in [-0.05, 0) is 23.3 Å². The van der Waals surface area contributed by atoms with Crippen molar-refractivity contribution in [2.24, 2.45) is 0 Å². The molecule has 1 aromatic heterocycles. The number of alkyl halides is 3. The number of anilines is 1. The first-order valence-corrected chi connectivity index (χ1v) is 10.4. The molecule has 0 unspecified atom stereocenters. The second-order valence-electron chi connectivity index (χ2n) is 8.11. The van der Waals surface area contributed by atoms with Crippen molar-refractivity contribution in [1.82, 2.24) is 14.7 Å². The smallest absolute Gasteiger partial charge is 0.410 e. The van der Waals surface area contributed by atoms with Crippen LogP contribution in [0.4, 0.5) is 19.0 Å². The lowest BCUT2D eigenvalue weighted by Crippen LogP contribution is -2.35. The van der Waals surface area contributed by atoms with E-state index in [-0.39, 0.29) is 24.7 Å². The molecule has 2 aliphatic rings.